The molecule has 0 spiro atoms. The second kappa shape index (κ2) is 5.31. The molecule has 0 aliphatic heterocycles. The van der Waals surface area contributed by atoms with E-state index < -0.39 is 0 Å². The Bertz CT molecular complexity index is 594. The summed E-state index contributed by atoms with van der Waals surface area (Å²) in [4.78, 5) is 4.33. The van der Waals surface area contributed by atoms with Crippen LogP contribution in [0.3, 0.4) is 0 Å². The number of nitrogens with zero attached hydrogens (tertiary/aromatic N) is 1. The molecule has 2 N–H and O–H groups in total. The number of rotatable bonds is 2. The van der Waals surface area contributed by atoms with E-state index in [2.05, 4.69) is 20.9 Å². The molecule has 2 nitrogen and oxygen atoms in total. The van der Waals surface area contributed by atoms with Gasteiger partial charge in [-0.15, -0.1) is 0 Å². The third kappa shape index (κ3) is 2.76. The van der Waals surface area contributed by atoms with Gasteiger partial charge in [-0.25, -0.2) is 9.38 Å². The SMILES string of the molecule is Cc1cc(F)c(Br)cc1N=C(N)c1ccccc1. The Hall–Kier alpha value is -1.68. The summed E-state index contributed by atoms with van der Waals surface area (Å²) >= 11 is 3.14. The van der Waals surface area contributed by atoms with Crippen molar-refractivity contribution in [3.05, 3.63) is 63.9 Å². The number of benzene rings is 2. The van der Waals surface area contributed by atoms with E-state index in [4.69, 9.17) is 5.73 Å². The highest BCUT2D eigenvalue weighted by Gasteiger charge is 2.05. The maximum absolute atomic E-state index is 13.3. The summed E-state index contributed by atoms with van der Waals surface area (Å²) in [5.74, 6) is 0.113. The van der Waals surface area contributed by atoms with Crippen molar-refractivity contribution in [2.75, 3.05) is 0 Å². The Morgan fingerprint density at radius 2 is 1.89 bits per heavy atom. The molecule has 0 unspecified atom stereocenters. The molecule has 0 aliphatic carbocycles. The van der Waals surface area contributed by atoms with E-state index in [0.717, 1.165) is 11.1 Å². The fourth-order valence-corrected chi connectivity index (χ4v) is 1.89. The topological polar surface area (TPSA) is 38.4 Å². The Morgan fingerprint density at radius 1 is 1.22 bits per heavy atom. The zero-order chi connectivity index (χ0) is 13.1. The van der Waals surface area contributed by atoms with E-state index in [9.17, 15) is 4.39 Å². The number of aryl methyl sites for hydroxylation is 1. The minimum atomic E-state index is -0.301. The predicted molar refractivity (Wildman–Crippen MR) is 75.7 cm³/mol. The molecule has 2 rings (SSSR count). The third-order valence-corrected chi connectivity index (χ3v) is 3.16. The van der Waals surface area contributed by atoms with Gasteiger partial charge in [0.1, 0.15) is 11.7 Å². The van der Waals surface area contributed by atoms with Crippen LogP contribution in [0.25, 0.3) is 0 Å². The molecule has 0 atom stereocenters. The van der Waals surface area contributed by atoms with Crippen LogP contribution in [-0.4, -0.2) is 5.84 Å². The molecule has 0 heterocycles. The lowest BCUT2D eigenvalue weighted by atomic mass is 10.2. The van der Waals surface area contributed by atoms with E-state index >= 15 is 0 Å². The van der Waals surface area contributed by atoms with Gasteiger partial charge in [0.05, 0.1) is 10.2 Å². The molecule has 2 aromatic carbocycles. The standard InChI is InChI=1S/C14H12BrFN2/c1-9-7-12(16)11(15)8-13(9)18-14(17)10-5-3-2-4-6-10/h2-8H,1H3,(H2,17,18). The van der Waals surface area contributed by atoms with E-state index in [1.54, 1.807) is 13.0 Å². The molecule has 0 aliphatic rings. The van der Waals surface area contributed by atoms with Crippen LogP contribution >= 0.6 is 15.9 Å². The van der Waals surface area contributed by atoms with Crippen molar-refractivity contribution in [3.8, 4) is 0 Å². The van der Waals surface area contributed by atoms with Gasteiger partial charge in [-0.05, 0) is 40.5 Å². The minimum Gasteiger partial charge on any atom is -0.383 e. The molecule has 92 valence electrons. The molecule has 0 saturated carbocycles. The molecule has 0 fully saturated rings. The van der Waals surface area contributed by atoms with Gasteiger partial charge < -0.3 is 5.73 Å². The van der Waals surface area contributed by atoms with Crippen molar-refractivity contribution in [2.24, 2.45) is 10.7 Å². The van der Waals surface area contributed by atoms with Gasteiger partial charge in [-0.1, -0.05) is 30.3 Å². The zero-order valence-electron chi connectivity index (χ0n) is 9.82. The molecule has 0 radical (unpaired) electrons. The first-order valence-electron chi connectivity index (χ1n) is 5.43. The number of amidine groups is 1. The lowest BCUT2D eigenvalue weighted by Gasteiger charge is -2.05. The Kier molecular flexibility index (Phi) is 3.77. The van der Waals surface area contributed by atoms with Crippen molar-refractivity contribution in [1.82, 2.24) is 0 Å². The van der Waals surface area contributed by atoms with Crippen LogP contribution in [0, 0.1) is 12.7 Å². The van der Waals surface area contributed by atoms with Crippen LogP contribution in [0.5, 0.6) is 0 Å². The predicted octanol–water partition coefficient (Wildman–Crippen LogP) is 3.93. The second-order valence-corrected chi connectivity index (χ2v) is 4.77. The summed E-state index contributed by atoms with van der Waals surface area (Å²) in [6.07, 6.45) is 0. The van der Waals surface area contributed by atoms with E-state index in [1.165, 1.54) is 6.07 Å². The quantitative estimate of drug-likeness (QED) is 0.662. The largest absolute Gasteiger partial charge is 0.383 e. The molecule has 4 heteroatoms. The minimum absolute atomic E-state index is 0.301. The Balaban J connectivity index is 2.42. The fourth-order valence-electron chi connectivity index (χ4n) is 1.56. The summed E-state index contributed by atoms with van der Waals surface area (Å²) < 4.78 is 13.7. The van der Waals surface area contributed by atoms with E-state index in [0.29, 0.717) is 16.0 Å². The first kappa shape index (κ1) is 12.8. The summed E-state index contributed by atoms with van der Waals surface area (Å²) in [5, 5.41) is 0. The van der Waals surface area contributed by atoms with Gasteiger partial charge in [-0.3, -0.25) is 0 Å². The van der Waals surface area contributed by atoms with Crippen LogP contribution < -0.4 is 5.73 Å². The van der Waals surface area contributed by atoms with Gasteiger partial charge >= 0.3 is 0 Å². The first-order chi connectivity index (χ1) is 8.58. The van der Waals surface area contributed by atoms with Crippen molar-refractivity contribution in [2.45, 2.75) is 6.92 Å². The Morgan fingerprint density at radius 3 is 2.56 bits per heavy atom. The zero-order valence-corrected chi connectivity index (χ0v) is 11.4. The molecular formula is C14H12BrFN2. The number of hydrogen-bond donors (Lipinski definition) is 1. The van der Waals surface area contributed by atoms with Gasteiger partial charge in [-0.2, -0.15) is 0 Å². The molecule has 0 saturated heterocycles. The average molecular weight is 307 g/mol. The molecule has 0 aromatic heterocycles. The maximum Gasteiger partial charge on any atom is 0.137 e. The number of aliphatic imine (C=N–C) groups is 1. The van der Waals surface area contributed by atoms with Crippen molar-refractivity contribution in [3.63, 3.8) is 0 Å². The summed E-state index contributed by atoms with van der Waals surface area (Å²) in [6, 6.07) is 12.5. The first-order valence-corrected chi connectivity index (χ1v) is 6.22. The van der Waals surface area contributed by atoms with Gasteiger partial charge in [0.2, 0.25) is 0 Å². The summed E-state index contributed by atoms with van der Waals surface area (Å²) in [7, 11) is 0. The monoisotopic (exact) mass is 306 g/mol. The fraction of sp³-hybridized carbons (Fsp3) is 0.0714. The molecule has 18 heavy (non-hydrogen) atoms. The average Bonchev–Trinajstić information content (AvgIpc) is 2.37. The highest BCUT2D eigenvalue weighted by atomic mass is 79.9. The Labute approximate surface area is 113 Å². The highest BCUT2D eigenvalue weighted by molar-refractivity contribution is 9.10. The molecule has 0 bridgehead atoms. The van der Waals surface area contributed by atoms with Gasteiger partial charge in [0.25, 0.3) is 0 Å². The van der Waals surface area contributed by atoms with Gasteiger partial charge in [0.15, 0.2) is 0 Å². The number of halogens is 2. The van der Waals surface area contributed by atoms with Crippen molar-refractivity contribution >= 4 is 27.5 Å². The lowest BCUT2D eigenvalue weighted by molar-refractivity contribution is 0.620. The van der Waals surface area contributed by atoms with Crippen LogP contribution in [0.15, 0.2) is 51.9 Å². The van der Waals surface area contributed by atoms with Crippen molar-refractivity contribution in [1.29, 1.82) is 0 Å². The summed E-state index contributed by atoms with van der Waals surface area (Å²) in [6.45, 7) is 1.80. The third-order valence-electron chi connectivity index (χ3n) is 2.55. The van der Waals surface area contributed by atoms with Crippen LogP contribution in [-0.2, 0) is 0 Å². The molecule has 0 amide bonds. The van der Waals surface area contributed by atoms with Crippen LogP contribution in [0.1, 0.15) is 11.1 Å². The molecular weight excluding hydrogens is 295 g/mol. The van der Waals surface area contributed by atoms with Crippen LogP contribution in [0.2, 0.25) is 0 Å². The van der Waals surface area contributed by atoms with Gasteiger partial charge in [0, 0.05) is 5.56 Å². The smallest absolute Gasteiger partial charge is 0.137 e. The number of nitrogens with two attached hydrogens (primary N) is 1. The number of hydrogen-bond acceptors (Lipinski definition) is 1. The molecule has 2 aromatic rings. The highest BCUT2D eigenvalue weighted by Crippen LogP contribution is 2.26. The lowest BCUT2D eigenvalue weighted by Crippen LogP contribution is -2.12. The second-order valence-electron chi connectivity index (χ2n) is 3.92. The maximum atomic E-state index is 13.3. The van der Waals surface area contributed by atoms with E-state index in [-0.39, 0.29) is 5.82 Å². The van der Waals surface area contributed by atoms with E-state index in [1.807, 2.05) is 30.3 Å². The summed E-state index contributed by atoms with van der Waals surface area (Å²) in [5.41, 5.74) is 8.17. The normalized spacial score (nSPS) is 11.6. The van der Waals surface area contributed by atoms with Crippen molar-refractivity contribution < 1.29 is 4.39 Å². The van der Waals surface area contributed by atoms with Crippen LogP contribution in [0.4, 0.5) is 10.1 Å².